The first-order chi connectivity index (χ1) is 6.75. The van der Waals surface area contributed by atoms with Crippen LogP contribution in [0.1, 0.15) is 18.9 Å². The van der Waals surface area contributed by atoms with Crippen molar-refractivity contribution >= 4 is 5.69 Å². The van der Waals surface area contributed by atoms with Gasteiger partial charge in [0.2, 0.25) is 0 Å². The second-order valence-corrected chi connectivity index (χ2v) is 4.11. The number of nitrogens with two attached hydrogens (primary N) is 1. The highest BCUT2D eigenvalue weighted by Gasteiger charge is 2.23. The largest absolute Gasteiger partial charge is 0.398 e. The summed E-state index contributed by atoms with van der Waals surface area (Å²) in [6.45, 7) is 2.39. The molecule has 1 aromatic heterocycles. The summed E-state index contributed by atoms with van der Waals surface area (Å²) in [5.41, 5.74) is 6.50. The lowest BCUT2D eigenvalue weighted by molar-refractivity contribution is -0.725. The molecule has 3 heteroatoms. The zero-order valence-electron chi connectivity index (χ0n) is 8.69. The van der Waals surface area contributed by atoms with Crippen LogP contribution < -0.4 is 10.3 Å². The van der Waals surface area contributed by atoms with Crippen molar-refractivity contribution in [2.75, 3.05) is 25.9 Å². The van der Waals surface area contributed by atoms with Gasteiger partial charge in [-0.15, -0.1) is 0 Å². The van der Waals surface area contributed by atoms with Gasteiger partial charge in [0, 0.05) is 43.8 Å². The van der Waals surface area contributed by atoms with Crippen LogP contribution in [0.3, 0.4) is 0 Å². The molecule has 0 saturated carbocycles. The molecule has 0 unspecified atom stereocenters. The van der Waals surface area contributed by atoms with Gasteiger partial charge in [-0.25, -0.2) is 4.57 Å². The van der Waals surface area contributed by atoms with E-state index in [-0.39, 0.29) is 0 Å². The average Bonchev–Trinajstić information content (AvgIpc) is 2.21. The van der Waals surface area contributed by atoms with Crippen molar-refractivity contribution in [1.29, 1.82) is 0 Å². The van der Waals surface area contributed by atoms with E-state index < -0.39 is 0 Å². The van der Waals surface area contributed by atoms with Gasteiger partial charge in [-0.3, -0.25) is 0 Å². The highest BCUT2D eigenvalue weighted by molar-refractivity contribution is 5.32. The molecule has 76 valence electrons. The number of hydrogen-bond acceptors (Lipinski definition) is 2. The van der Waals surface area contributed by atoms with Gasteiger partial charge in [0.1, 0.15) is 0 Å². The van der Waals surface area contributed by atoms with Gasteiger partial charge >= 0.3 is 0 Å². The molecule has 3 nitrogen and oxygen atoms in total. The lowest BCUT2D eigenvalue weighted by Gasteiger charge is -2.25. The lowest BCUT2D eigenvalue weighted by Crippen LogP contribution is -2.45. The molecule has 2 heterocycles. The summed E-state index contributed by atoms with van der Waals surface area (Å²) in [7, 11) is 2.18. The van der Waals surface area contributed by atoms with Crippen molar-refractivity contribution in [3.05, 3.63) is 24.5 Å². The van der Waals surface area contributed by atoms with Crippen LogP contribution in [0.4, 0.5) is 5.69 Å². The van der Waals surface area contributed by atoms with E-state index in [1.165, 1.54) is 25.9 Å². The fourth-order valence-electron chi connectivity index (χ4n) is 1.99. The maximum absolute atomic E-state index is 5.66. The number of anilines is 1. The second kappa shape index (κ2) is 3.96. The van der Waals surface area contributed by atoms with Crippen LogP contribution in [0.25, 0.3) is 0 Å². The van der Waals surface area contributed by atoms with E-state index in [1.54, 1.807) is 0 Å². The van der Waals surface area contributed by atoms with Crippen LogP contribution in [0, 0.1) is 0 Å². The summed E-state index contributed by atoms with van der Waals surface area (Å²) in [5.74, 6) is 0. The first kappa shape index (κ1) is 9.46. The molecular weight excluding hydrogens is 174 g/mol. The molecule has 0 amide bonds. The molecule has 14 heavy (non-hydrogen) atoms. The Hall–Kier alpha value is -1.09. The summed E-state index contributed by atoms with van der Waals surface area (Å²) < 4.78 is 2.28. The number of hydrogen-bond donors (Lipinski definition) is 1. The maximum Gasteiger partial charge on any atom is 0.171 e. The quantitative estimate of drug-likeness (QED) is 0.668. The Morgan fingerprint density at radius 2 is 1.86 bits per heavy atom. The Morgan fingerprint density at radius 3 is 2.43 bits per heavy atom. The molecule has 2 N–H and O–H groups in total. The van der Waals surface area contributed by atoms with Crippen LogP contribution in [-0.4, -0.2) is 25.0 Å². The standard InChI is InChI=1S/C11H17N3/c1-13-6-4-11(5-7-13)14-8-2-10(12)3-9-14/h2-3,8-9,11-12H,4-7H2,1H3/p+1. The fraction of sp³-hybridized carbons (Fsp3) is 0.545. The smallest absolute Gasteiger partial charge is 0.171 e. The highest BCUT2D eigenvalue weighted by atomic mass is 15.1. The van der Waals surface area contributed by atoms with Gasteiger partial charge < -0.3 is 10.6 Å². The molecule has 1 aliphatic rings. The third kappa shape index (κ3) is 2.04. The number of nitrogen functional groups attached to an aromatic ring is 1. The van der Waals surface area contributed by atoms with Crippen molar-refractivity contribution in [3.8, 4) is 0 Å². The third-order valence-electron chi connectivity index (χ3n) is 2.99. The van der Waals surface area contributed by atoms with Gasteiger partial charge in [0.05, 0.1) is 0 Å². The third-order valence-corrected chi connectivity index (χ3v) is 2.99. The number of aromatic nitrogens is 1. The van der Waals surface area contributed by atoms with Gasteiger partial charge in [0.15, 0.2) is 18.4 Å². The Bertz CT molecular complexity index is 286. The molecule has 0 radical (unpaired) electrons. The molecule has 0 bridgehead atoms. The molecule has 0 aliphatic carbocycles. The fourth-order valence-corrected chi connectivity index (χ4v) is 1.99. The molecule has 1 aromatic rings. The van der Waals surface area contributed by atoms with Crippen molar-refractivity contribution in [2.45, 2.75) is 18.9 Å². The van der Waals surface area contributed by atoms with Crippen molar-refractivity contribution in [2.24, 2.45) is 0 Å². The van der Waals surface area contributed by atoms with Crippen LogP contribution in [0.5, 0.6) is 0 Å². The zero-order valence-corrected chi connectivity index (χ0v) is 8.69. The Balaban J connectivity index is 2.05. The van der Waals surface area contributed by atoms with Gasteiger partial charge in [-0.2, -0.15) is 0 Å². The first-order valence-corrected chi connectivity index (χ1v) is 5.20. The van der Waals surface area contributed by atoms with Crippen LogP contribution in [0.15, 0.2) is 24.5 Å². The number of rotatable bonds is 1. The van der Waals surface area contributed by atoms with Crippen molar-refractivity contribution < 1.29 is 4.57 Å². The SMILES string of the molecule is CN1CCC([n+]2ccc(N)cc2)CC1. The summed E-state index contributed by atoms with van der Waals surface area (Å²) in [4.78, 5) is 2.38. The van der Waals surface area contributed by atoms with Gasteiger partial charge in [-0.05, 0) is 7.05 Å². The van der Waals surface area contributed by atoms with E-state index >= 15 is 0 Å². The van der Waals surface area contributed by atoms with E-state index in [0.29, 0.717) is 6.04 Å². The maximum atomic E-state index is 5.66. The van der Waals surface area contributed by atoms with E-state index in [9.17, 15) is 0 Å². The monoisotopic (exact) mass is 192 g/mol. The predicted molar refractivity (Wildman–Crippen MR) is 56.8 cm³/mol. The summed E-state index contributed by atoms with van der Waals surface area (Å²) >= 11 is 0. The van der Waals surface area contributed by atoms with E-state index in [1.807, 2.05) is 12.1 Å². The topological polar surface area (TPSA) is 33.1 Å². The second-order valence-electron chi connectivity index (χ2n) is 4.11. The minimum atomic E-state index is 0.659. The molecule has 1 fully saturated rings. The average molecular weight is 192 g/mol. The van der Waals surface area contributed by atoms with Crippen LogP contribution in [0.2, 0.25) is 0 Å². The minimum absolute atomic E-state index is 0.659. The number of likely N-dealkylation sites (tertiary alicyclic amines) is 1. The normalized spacial score (nSPS) is 19.8. The van der Waals surface area contributed by atoms with E-state index in [0.717, 1.165) is 5.69 Å². The molecule has 2 rings (SSSR count). The van der Waals surface area contributed by atoms with Crippen molar-refractivity contribution in [1.82, 2.24) is 4.90 Å². The van der Waals surface area contributed by atoms with E-state index in [2.05, 4.69) is 28.9 Å². The number of nitrogens with zero attached hydrogens (tertiary/aromatic N) is 2. The molecule has 1 aliphatic heterocycles. The lowest BCUT2D eigenvalue weighted by atomic mass is 10.1. The summed E-state index contributed by atoms with van der Waals surface area (Å²) in [6.07, 6.45) is 6.66. The first-order valence-electron chi connectivity index (χ1n) is 5.20. The molecule has 0 spiro atoms. The molecule has 1 saturated heterocycles. The van der Waals surface area contributed by atoms with Gasteiger partial charge in [0.25, 0.3) is 0 Å². The number of pyridine rings is 1. The summed E-state index contributed by atoms with van der Waals surface area (Å²) in [5, 5.41) is 0. The van der Waals surface area contributed by atoms with Crippen LogP contribution >= 0.6 is 0 Å². The molecule has 0 atom stereocenters. The summed E-state index contributed by atoms with van der Waals surface area (Å²) in [6, 6.07) is 4.60. The Kier molecular flexibility index (Phi) is 2.68. The zero-order chi connectivity index (χ0) is 9.97. The predicted octanol–water partition coefficient (Wildman–Crippen LogP) is 0.823. The number of piperidine rings is 1. The Labute approximate surface area is 85.1 Å². The molecular formula is C11H18N3+. The molecule has 0 aromatic carbocycles. The van der Waals surface area contributed by atoms with Gasteiger partial charge in [-0.1, -0.05) is 0 Å². The highest BCUT2D eigenvalue weighted by Crippen LogP contribution is 2.15. The Morgan fingerprint density at radius 1 is 1.29 bits per heavy atom. The van der Waals surface area contributed by atoms with E-state index in [4.69, 9.17) is 5.73 Å². The van der Waals surface area contributed by atoms with Crippen LogP contribution in [-0.2, 0) is 0 Å². The minimum Gasteiger partial charge on any atom is -0.398 e. The van der Waals surface area contributed by atoms with Crippen molar-refractivity contribution in [3.63, 3.8) is 0 Å².